The Bertz CT molecular complexity index is 374. The number of hydrogen-bond donors (Lipinski definition) is 2. The SMILES string of the molecule is CC(C)NC(=O)CCNC(=O)c1ccccc1. The highest BCUT2D eigenvalue weighted by Gasteiger charge is 2.06. The maximum absolute atomic E-state index is 11.6. The molecule has 92 valence electrons. The Hall–Kier alpha value is -1.84. The summed E-state index contributed by atoms with van der Waals surface area (Å²) < 4.78 is 0. The van der Waals surface area contributed by atoms with Crippen molar-refractivity contribution in [2.24, 2.45) is 0 Å². The zero-order valence-electron chi connectivity index (χ0n) is 10.2. The third kappa shape index (κ3) is 5.15. The Morgan fingerprint density at radius 2 is 1.82 bits per heavy atom. The van der Waals surface area contributed by atoms with Gasteiger partial charge in [-0.3, -0.25) is 9.59 Å². The fourth-order valence-corrected chi connectivity index (χ4v) is 1.38. The van der Waals surface area contributed by atoms with E-state index in [1.165, 1.54) is 0 Å². The summed E-state index contributed by atoms with van der Waals surface area (Å²) in [4.78, 5) is 22.9. The molecule has 0 unspecified atom stereocenters. The molecule has 2 N–H and O–H groups in total. The molecule has 1 aromatic carbocycles. The van der Waals surface area contributed by atoms with E-state index in [-0.39, 0.29) is 17.9 Å². The lowest BCUT2D eigenvalue weighted by Gasteiger charge is -2.08. The van der Waals surface area contributed by atoms with Crippen molar-refractivity contribution in [3.05, 3.63) is 35.9 Å². The Morgan fingerprint density at radius 3 is 2.41 bits per heavy atom. The first kappa shape index (κ1) is 13.2. The second kappa shape index (κ2) is 6.68. The van der Waals surface area contributed by atoms with E-state index < -0.39 is 0 Å². The van der Waals surface area contributed by atoms with Crippen molar-refractivity contribution in [2.45, 2.75) is 26.3 Å². The molecule has 0 fully saturated rings. The fourth-order valence-electron chi connectivity index (χ4n) is 1.38. The molecule has 0 bridgehead atoms. The maximum Gasteiger partial charge on any atom is 0.251 e. The van der Waals surface area contributed by atoms with E-state index in [2.05, 4.69) is 10.6 Å². The Balaban J connectivity index is 2.28. The number of nitrogens with one attached hydrogen (secondary N) is 2. The van der Waals surface area contributed by atoms with Crippen molar-refractivity contribution >= 4 is 11.8 Å². The van der Waals surface area contributed by atoms with E-state index in [0.29, 0.717) is 18.5 Å². The number of rotatable bonds is 5. The van der Waals surface area contributed by atoms with Gasteiger partial charge in [0.1, 0.15) is 0 Å². The lowest BCUT2D eigenvalue weighted by Crippen LogP contribution is -2.34. The van der Waals surface area contributed by atoms with Gasteiger partial charge in [-0.1, -0.05) is 18.2 Å². The second-order valence-electron chi connectivity index (χ2n) is 4.09. The van der Waals surface area contributed by atoms with E-state index in [9.17, 15) is 9.59 Å². The minimum absolute atomic E-state index is 0.0478. The van der Waals surface area contributed by atoms with Crippen LogP contribution in [0, 0.1) is 0 Å². The molecule has 4 nitrogen and oxygen atoms in total. The summed E-state index contributed by atoms with van der Waals surface area (Å²) in [6, 6.07) is 9.08. The third-order valence-electron chi connectivity index (χ3n) is 2.12. The van der Waals surface area contributed by atoms with Crippen LogP contribution in [0.2, 0.25) is 0 Å². The van der Waals surface area contributed by atoms with E-state index >= 15 is 0 Å². The van der Waals surface area contributed by atoms with Crippen LogP contribution < -0.4 is 10.6 Å². The standard InChI is InChI=1S/C13H18N2O2/c1-10(2)15-12(16)8-9-14-13(17)11-6-4-3-5-7-11/h3-7,10H,8-9H2,1-2H3,(H,14,17)(H,15,16). The van der Waals surface area contributed by atoms with Crippen molar-refractivity contribution in [1.82, 2.24) is 10.6 Å². The van der Waals surface area contributed by atoms with Gasteiger partial charge >= 0.3 is 0 Å². The summed E-state index contributed by atoms with van der Waals surface area (Å²) in [6.07, 6.45) is 0.302. The van der Waals surface area contributed by atoms with Gasteiger partial charge in [0.2, 0.25) is 5.91 Å². The van der Waals surface area contributed by atoms with Crippen LogP contribution in [0.25, 0.3) is 0 Å². The molecule has 2 amide bonds. The molecule has 0 aromatic heterocycles. The molecule has 0 aliphatic rings. The maximum atomic E-state index is 11.6. The van der Waals surface area contributed by atoms with Crippen molar-refractivity contribution in [1.29, 1.82) is 0 Å². The van der Waals surface area contributed by atoms with Gasteiger partial charge in [0, 0.05) is 24.6 Å². The van der Waals surface area contributed by atoms with Gasteiger partial charge in [-0.25, -0.2) is 0 Å². The smallest absolute Gasteiger partial charge is 0.251 e. The van der Waals surface area contributed by atoms with Gasteiger partial charge in [0.05, 0.1) is 0 Å². The zero-order valence-corrected chi connectivity index (χ0v) is 10.2. The molecule has 0 aliphatic carbocycles. The van der Waals surface area contributed by atoms with E-state index in [0.717, 1.165) is 0 Å². The van der Waals surface area contributed by atoms with Crippen molar-refractivity contribution in [3.63, 3.8) is 0 Å². The van der Waals surface area contributed by atoms with Crippen molar-refractivity contribution < 1.29 is 9.59 Å². The average Bonchev–Trinajstić information content (AvgIpc) is 2.29. The third-order valence-corrected chi connectivity index (χ3v) is 2.12. The number of amides is 2. The topological polar surface area (TPSA) is 58.2 Å². The summed E-state index contributed by atoms with van der Waals surface area (Å²) in [6.45, 7) is 4.16. The monoisotopic (exact) mass is 234 g/mol. The van der Waals surface area contributed by atoms with Crippen LogP contribution in [0.5, 0.6) is 0 Å². The largest absolute Gasteiger partial charge is 0.354 e. The van der Waals surface area contributed by atoms with Crippen molar-refractivity contribution in [2.75, 3.05) is 6.54 Å². The van der Waals surface area contributed by atoms with Gasteiger partial charge in [0.25, 0.3) is 5.91 Å². The molecule has 0 aliphatic heterocycles. The normalized spacial score (nSPS) is 10.1. The minimum Gasteiger partial charge on any atom is -0.354 e. The highest BCUT2D eigenvalue weighted by Crippen LogP contribution is 1.97. The number of benzene rings is 1. The molecular weight excluding hydrogens is 216 g/mol. The Morgan fingerprint density at radius 1 is 1.18 bits per heavy atom. The van der Waals surface area contributed by atoms with Crippen LogP contribution in [-0.4, -0.2) is 24.4 Å². The summed E-state index contributed by atoms with van der Waals surface area (Å²) in [5, 5.41) is 5.47. The molecule has 0 atom stereocenters. The zero-order chi connectivity index (χ0) is 12.7. The molecule has 17 heavy (non-hydrogen) atoms. The predicted molar refractivity (Wildman–Crippen MR) is 66.7 cm³/mol. The van der Waals surface area contributed by atoms with E-state index in [4.69, 9.17) is 0 Å². The molecule has 0 heterocycles. The molecule has 1 rings (SSSR count). The summed E-state index contributed by atoms with van der Waals surface area (Å²) in [7, 11) is 0. The summed E-state index contributed by atoms with van der Waals surface area (Å²) in [5.74, 6) is -0.198. The first-order valence-corrected chi connectivity index (χ1v) is 5.72. The van der Waals surface area contributed by atoms with Crippen LogP contribution in [0.3, 0.4) is 0 Å². The molecule has 4 heteroatoms. The van der Waals surface area contributed by atoms with Gasteiger partial charge in [-0.2, -0.15) is 0 Å². The van der Waals surface area contributed by atoms with Crippen LogP contribution in [0.15, 0.2) is 30.3 Å². The number of carbonyl (C=O) groups is 2. The Kier molecular flexibility index (Phi) is 5.20. The van der Waals surface area contributed by atoms with Crippen LogP contribution >= 0.6 is 0 Å². The molecular formula is C13H18N2O2. The average molecular weight is 234 g/mol. The summed E-state index contributed by atoms with van der Waals surface area (Å²) in [5.41, 5.74) is 0.608. The molecule has 0 saturated carbocycles. The lowest BCUT2D eigenvalue weighted by molar-refractivity contribution is -0.121. The number of hydrogen-bond acceptors (Lipinski definition) is 2. The minimum atomic E-state index is -0.150. The molecule has 0 saturated heterocycles. The van der Waals surface area contributed by atoms with Gasteiger partial charge in [-0.05, 0) is 26.0 Å². The Labute approximate surface area is 101 Å². The van der Waals surface area contributed by atoms with E-state index in [1.54, 1.807) is 24.3 Å². The second-order valence-corrected chi connectivity index (χ2v) is 4.09. The highest BCUT2D eigenvalue weighted by molar-refractivity contribution is 5.94. The van der Waals surface area contributed by atoms with Crippen LogP contribution in [-0.2, 0) is 4.79 Å². The fraction of sp³-hybridized carbons (Fsp3) is 0.385. The van der Waals surface area contributed by atoms with Crippen molar-refractivity contribution in [3.8, 4) is 0 Å². The van der Waals surface area contributed by atoms with Crippen LogP contribution in [0.4, 0.5) is 0 Å². The first-order valence-electron chi connectivity index (χ1n) is 5.72. The quantitative estimate of drug-likeness (QED) is 0.807. The van der Waals surface area contributed by atoms with Gasteiger partial charge in [0.15, 0.2) is 0 Å². The number of carbonyl (C=O) groups excluding carboxylic acids is 2. The molecule has 0 spiro atoms. The van der Waals surface area contributed by atoms with Crippen LogP contribution in [0.1, 0.15) is 30.6 Å². The molecule has 1 aromatic rings. The van der Waals surface area contributed by atoms with Gasteiger partial charge in [-0.15, -0.1) is 0 Å². The predicted octanol–water partition coefficient (Wildman–Crippen LogP) is 1.33. The highest BCUT2D eigenvalue weighted by atomic mass is 16.2. The molecule has 0 radical (unpaired) electrons. The lowest BCUT2D eigenvalue weighted by atomic mass is 10.2. The first-order chi connectivity index (χ1) is 8.09. The van der Waals surface area contributed by atoms with E-state index in [1.807, 2.05) is 19.9 Å². The van der Waals surface area contributed by atoms with Gasteiger partial charge < -0.3 is 10.6 Å². The summed E-state index contributed by atoms with van der Waals surface area (Å²) >= 11 is 0.